The van der Waals surface area contributed by atoms with E-state index in [0.717, 1.165) is 5.75 Å². The molecule has 1 aliphatic carbocycles. The number of hydrogen-bond acceptors (Lipinski definition) is 1. The van der Waals surface area contributed by atoms with E-state index < -0.39 is 7.92 Å². The van der Waals surface area contributed by atoms with Gasteiger partial charge in [0.1, 0.15) is 5.75 Å². The lowest BCUT2D eigenvalue weighted by atomic mass is 9.94. The quantitative estimate of drug-likeness (QED) is 0.492. The topological polar surface area (TPSA) is 9.23 Å². The maximum absolute atomic E-state index is 5.65. The summed E-state index contributed by atoms with van der Waals surface area (Å²) < 4.78 is 5.65. The minimum Gasteiger partial charge on any atom is -0.497 e. The van der Waals surface area contributed by atoms with Crippen LogP contribution >= 0.6 is 7.92 Å². The molecule has 0 bridgehead atoms. The van der Waals surface area contributed by atoms with E-state index in [0.29, 0.717) is 5.92 Å². The van der Waals surface area contributed by atoms with Crippen molar-refractivity contribution in [1.29, 1.82) is 0 Å². The second-order valence-corrected chi connectivity index (χ2v) is 9.75. The van der Waals surface area contributed by atoms with Crippen LogP contribution in [0.4, 0.5) is 0 Å². The van der Waals surface area contributed by atoms with Gasteiger partial charge in [-0.15, -0.1) is 0 Å². The predicted molar refractivity (Wildman–Crippen MR) is 127 cm³/mol. The fraction of sp³-hybridized carbons (Fsp3) is 0.185. The van der Waals surface area contributed by atoms with E-state index in [-0.39, 0.29) is 0 Å². The summed E-state index contributed by atoms with van der Waals surface area (Å²) in [5.74, 6) is 1.34. The molecule has 3 aromatic carbocycles. The van der Waals surface area contributed by atoms with Gasteiger partial charge in [-0.05, 0) is 66.5 Å². The molecule has 0 saturated carbocycles. The Hall–Kier alpha value is -2.63. The van der Waals surface area contributed by atoms with Crippen LogP contribution in [0.3, 0.4) is 0 Å². The fourth-order valence-corrected chi connectivity index (χ4v) is 6.70. The van der Waals surface area contributed by atoms with Crippen molar-refractivity contribution < 1.29 is 4.74 Å². The van der Waals surface area contributed by atoms with Gasteiger partial charge in [-0.25, -0.2) is 0 Å². The molecule has 1 aliphatic rings. The Morgan fingerprint density at radius 2 is 1.38 bits per heavy atom. The summed E-state index contributed by atoms with van der Waals surface area (Å²) in [4.78, 5) is 0. The Balaban J connectivity index is 1.98. The lowest BCUT2D eigenvalue weighted by molar-refractivity contribution is 0.415. The van der Waals surface area contributed by atoms with Crippen molar-refractivity contribution in [3.8, 4) is 5.75 Å². The SMILES string of the molecule is COc1ccc(C2=C(C)C(C)=CC2C)c(P(c2ccccc2)c2ccccc2)c1. The third-order valence-corrected chi connectivity index (χ3v) is 8.20. The first-order valence-electron chi connectivity index (χ1n) is 10.1. The third-order valence-electron chi connectivity index (χ3n) is 5.72. The molecule has 1 atom stereocenters. The Morgan fingerprint density at radius 3 is 1.86 bits per heavy atom. The molecule has 3 aromatic rings. The van der Waals surface area contributed by atoms with E-state index in [9.17, 15) is 0 Å². The molecule has 0 amide bonds. The van der Waals surface area contributed by atoms with Crippen LogP contribution in [0, 0.1) is 5.92 Å². The Kier molecular flexibility index (Phi) is 5.69. The third kappa shape index (κ3) is 3.80. The maximum atomic E-state index is 5.65. The molecule has 29 heavy (non-hydrogen) atoms. The molecule has 0 fully saturated rings. The predicted octanol–water partition coefficient (Wildman–Crippen LogP) is 5.82. The summed E-state index contributed by atoms with van der Waals surface area (Å²) in [7, 11) is 1.06. The first-order chi connectivity index (χ1) is 14.1. The van der Waals surface area contributed by atoms with Gasteiger partial charge < -0.3 is 4.74 Å². The van der Waals surface area contributed by atoms with Crippen molar-refractivity contribution in [3.05, 3.63) is 102 Å². The van der Waals surface area contributed by atoms with E-state index in [2.05, 4.69) is 106 Å². The standard InChI is InChI=1S/C27H27OP/c1-19-17-20(2)27(21(19)3)25-16-15-22(28-4)18-26(25)29(23-11-7-5-8-12-23)24-13-9-6-10-14-24/h5-18,20H,1-4H3. The highest BCUT2D eigenvalue weighted by Gasteiger charge is 2.26. The molecule has 1 unspecified atom stereocenters. The zero-order chi connectivity index (χ0) is 20.4. The minimum atomic E-state index is -0.695. The lowest BCUT2D eigenvalue weighted by Crippen LogP contribution is -2.24. The molecule has 0 heterocycles. The van der Waals surface area contributed by atoms with E-state index in [4.69, 9.17) is 4.74 Å². The van der Waals surface area contributed by atoms with Gasteiger partial charge in [0, 0.05) is 5.92 Å². The molecule has 146 valence electrons. The first-order valence-corrected chi connectivity index (χ1v) is 11.4. The molecule has 0 spiro atoms. The average molecular weight is 398 g/mol. The Bertz CT molecular complexity index is 1020. The zero-order valence-electron chi connectivity index (χ0n) is 17.5. The highest BCUT2D eigenvalue weighted by molar-refractivity contribution is 7.80. The number of hydrogen-bond donors (Lipinski definition) is 0. The highest BCUT2D eigenvalue weighted by Crippen LogP contribution is 2.42. The van der Waals surface area contributed by atoms with E-state index >= 15 is 0 Å². The average Bonchev–Trinajstić information content (AvgIpc) is 3.01. The molecule has 0 aliphatic heterocycles. The monoisotopic (exact) mass is 398 g/mol. The Labute approximate surface area is 175 Å². The summed E-state index contributed by atoms with van der Waals surface area (Å²) in [5, 5.41) is 4.08. The molecule has 2 heteroatoms. The van der Waals surface area contributed by atoms with Gasteiger partial charge in [0.25, 0.3) is 0 Å². The lowest BCUT2D eigenvalue weighted by Gasteiger charge is -2.25. The number of ether oxygens (including phenoxy) is 1. The largest absolute Gasteiger partial charge is 0.497 e. The molecular weight excluding hydrogens is 371 g/mol. The molecule has 0 saturated heterocycles. The Morgan fingerprint density at radius 1 is 0.793 bits per heavy atom. The second kappa shape index (κ2) is 8.39. The normalized spacial score (nSPS) is 16.3. The molecule has 0 radical (unpaired) electrons. The summed E-state index contributed by atoms with van der Waals surface area (Å²) in [6.45, 7) is 6.78. The van der Waals surface area contributed by atoms with Crippen LogP contribution in [0.25, 0.3) is 5.57 Å². The fourth-order valence-electron chi connectivity index (χ4n) is 4.22. The molecule has 4 rings (SSSR count). The minimum absolute atomic E-state index is 0.422. The van der Waals surface area contributed by atoms with Gasteiger partial charge in [-0.3, -0.25) is 0 Å². The zero-order valence-corrected chi connectivity index (χ0v) is 18.4. The molecule has 0 aromatic heterocycles. The summed E-state index contributed by atoms with van der Waals surface area (Å²) >= 11 is 0. The number of rotatable bonds is 5. The van der Waals surface area contributed by atoms with Crippen LogP contribution < -0.4 is 20.7 Å². The van der Waals surface area contributed by atoms with Crippen LogP contribution in [0.5, 0.6) is 5.75 Å². The second-order valence-electron chi connectivity index (χ2n) is 7.57. The summed E-state index contributed by atoms with van der Waals surface area (Å²) in [5.41, 5.74) is 5.58. The smallest absolute Gasteiger partial charge is 0.119 e. The van der Waals surface area contributed by atoms with Crippen LogP contribution in [-0.4, -0.2) is 7.11 Å². The van der Waals surface area contributed by atoms with Gasteiger partial charge >= 0.3 is 0 Å². The van der Waals surface area contributed by atoms with E-state index in [1.54, 1.807) is 7.11 Å². The summed E-state index contributed by atoms with van der Waals surface area (Å²) in [6.07, 6.45) is 2.38. The molecular formula is C27H27OP. The van der Waals surface area contributed by atoms with Crippen molar-refractivity contribution in [3.63, 3.8) is 0 Å². The van der Waals surface area contributed by atoms with Crippen LogP contribution in [0.1, 0.15) is 26.3 Å². The number of allylic oxidation sites excluding steroid dienone is 4. The van der Waals surface area contributed by atoms with Gasteiger partial charge in [0.05, 0.1) is 7.11 Å². The van der Waals surface area contributed by atoms with Crippen molar-refractivity contribution in [1.82, 2.24) is 0 Å². The van der Waals surface area contributed by atoms with E-state index in [1.807, 2.05) is 0 Å². The van der Waals surface area contributed by atoms with E-state index in [1.165, 1.54) is 38.2 Å². The maximum Gasteiger partial charge on any atom is 0.119 e. The molecule has 0 N–H and O–H groups in total. The van der Waals surface area contributed by atoms with Crippen LogP contribution in [0.15, 0.2) is 96.1 Å². The number of methoxy groups -OCH3 is 1. The van der Waals surface area contributed by atoms with Crippen molar-refractivity contribution in [2.24, 2.45) is 5.92 Å². The van der Waals surface area contributed by atoms with Gasteiger partial charge in [0.2, 0.25) is 0 Å². The molecule has 1 nitrogen and oxygen atoms in total. The number of benzene rings is 3. The van der Waals surface area contributed by atoms with Crippen molar-refractivity contribution >= 4 is 29.4 Å². The van der Waals surface area contributed by atoms with Gasteiger partial charge in [-0.1, -0.05) is 85.3 Å². The van der Waals surface area contributed by atoms with Crippen LogP contribution in [-0.2, 0) is 0 Å². The van der Waals surface area contributed by atoms with Crippen LogP contribution in [0.2, 0.25) is 0 Å². The van der Waals surface area contributed by atoms with Crippen molar-refractivity contribution in [2.75, 3.05) is 7.11 Å². The first kappa shape index (κ1) is 19.7. The van der Waals surface area contributed by atoms with Crippen molar-refractivity contribution in [2.45, 2.75) is 20.8 Å². The highest BCUT2D eigenvalue weighted by atomic mass is 31.1. The van der Waals surface area contributed by atoms with Gasteiger partial charge in [-0.2, -0.15) is 0 Å². The van der Waals surface area contributed by atoms with Gasteiger partial charge in [0.15, 0.2) is 0 Å². The summed E-state index contributed by atoms with van der Waals surface area (Å²) in [6, 6.07) is 28.4.